The highest BCUT2D eigenvalue weighted by molar-refractivity contribution is 6.31. The van der Waals surface area contributed by atoms with Crippen molar-refractivity contribution in [2.45, 2.75) is 19.3 Å². The molecule has 1 aliphatic carbocycles. The van der Waals surface area contributed by atoms with Crippen molar-refractivity contribution >= 4 is 17.5 Å². The average Bonchev–Trinajstić information content (AvgIpc) is 2.93. The smallest absolute Gasteiger partial charge is 0.223 e. The lowest BCUT2D eigenvalue weighted by Crippen LogP contribution is -2.27. The van der Waals surface area contributed by atoms with Gasteiger partial charge in [-0.15, -0.1) is 0 Å². The fourth-order valence-corrected chi connectivity index (χ4v) is 1.93. The van der Waals surface area contributed by atoms with Gasteiger partial charge in [0.1, 0.15) is 5.82 Å². The fourth-order valence-electron chi connectivity index (χ4n) is 1.70. The molecular weight excluding hydrogens is 217 g/mol. The van der Waals surface area contributed by atoms with E-state index in [0.29, 0.717) is 17.0 Å². The van der Waals surface area contributed by atoms with Crippen molar-refractivity contribution in [2.24, 2.45) is 11.1 Å². The third-order valence-electron chi connectivity index (χ3n) is 2.95. The van der Waals surface area contributed by atoms with Gasteiger partial charge < -0.3 is 5.73 Å². The Morgan fingerprint density at radius 3 is 2.67 bits per heavy atom. The number of nitrogens with two attached hydrogens (primary N) is 1. The molecule has 2 nitrogen and oxygen atoms in total. The van der Waals surface area contributed by atoms with E-state index in [1.54, 1.807) is 12.1 Å². The fraction of sp³-hybridized carbons (Fsp3) is 0.364. The summed E-state index contributed by atoms with van der Waals surface area (Å²) in [5.74, 6) is -0.725. The van der Waals surface area contributed by atoms with Crippen molar-refractivity contribution in [3.63, 3.8) is 0 Å². The van der Waals surface area contributed by atoms with Crippen LogP contribution in [0.25, 0.3) is 0 Å². The molecule has 80 valence electrons. The molecule has 0 aromatic heterocycles. The van der Waals surface area contributed by atoms with Gasteiger partial charge in [0.2, 0.25) is 5.91 Å². The second kappa shape index (κ2) is 3.49. The first kappa shape index (κ1) is 10.4. The Hall–Kier alpha value is -1.09. The summed E-state index contributed by atoms with van der Waals surface area (Å²) in [5.41, 5.74) is 5.13. The van der Waals surface area contributed by atoms with E-state index < -0.39 is 5.41 Å². The van der Waals surface area contributed by atoms with Crippen molar-refractivity contribution in [2.75, 3.05) is 0 Å². The van der Waals surface area contributed by atoms with E-state index in [0.717, 1.165) is 12.8 Å². The van der Waals surface area contributed by atoms with Gasteiger partial charge in [0.25, 0.3) is 0 Å². The van der Waals surface area contributed by atoms with Gasteiger partial charge in [-0.2, -0.15) is 0 Å². The number of carbonyl (C=O) groups excluding carboxylic acids is 1. The predicted molar refractivity (Wildman–Crippen MR) is 56.0 cm³/mol. The van der Waals surface area contributed by atoms with Crippen LogP contribution in [0.3, 0.4) is 0 Å². The Labute approximate surface area is 92.2 Å². The minimum absolute atomic E-state index is 0.313. The monoisotopic (exact) mass is 227 g/mol. The molecule has 2 rings (SSSR count). The zero-order valence-corrected chi connectivity index (χ0v) is 8.85. The highest BCUT2D eigenvalue weighted by Crippen LogP contribution is 2.49. The van der Waals surface area contributed by atoms with Crippen molar-refractivity contribution < 1.29 is 9.18 Å². The molecule has 0 aliphatic heterocycles. The van der Waals surface area contributed by atoms with Crippen LogP contribution >= 0.6 is 11.6 Å². The summed E-state index contributed by atoms with van der Waals surface area (Å²) in [7, 11) is 0. The molecule has 1 aromatic rings. The van der Waals surface area contributed by atoms with Crippen molar-refractivity contribution in [1.29, 1.82) is 0 Å². The van der Waals surface area contributed by atoms with E-state index in [4.69, 9.17) is 17.3 Å². The van der Waals surface area contributed by atoms with Gasteiger partial charge in [-0.3, -0.25) is 4.79 Å². The third-order valence-corrected chi connectivity index (χ3v) is 3.31. The lowest BCUT2D eigenvalue weighted by molar-refractivity contribution is -0.123. The SMILES string of the molecule is NC(=O)C1(Cc2c(F)cccc2Cl)CC1. The van der Waals surface area contributed by atoms with E-state index in [1.807, 2.05) is 0 Å². The Kier molecular flexibility index (Phi) is 2.43. The van der Waals surface area contributed by atoms with Crippen LogP contribution in [0.15, 0.2) is 18.2 Å². The minimum atomic E-state index is -0.550. The number of halogens is 2. The molecule has 15 heavy (non-hydrogen) atoms. The van der Waals surface area contributed by atoms with Crippen LogP contribution in [0.1, 0.15) is 18.4 Å². The van der Waals surface area contributed by atoms with Gasteiger partial charge in [0, 0.05) is 10.6 Å². The molecule has 1 fully saturated rings. The number of primary amides is 1. The highest BCUT2D eigenvalue weighted by atomic mass is 35.5. The van der Waals surface area contributed by atoms with Crippen LogP contribution in [-0.4, -0.2) is 5.91 Å². The van der Waals surface area contributed by atoms with Gasteiger partial charge in [0.05, 0.1) is 5.41 Å². The van der Waals surface area contributed by atoms with Crippen LogP contribution in [0.5, 0.6) is 0 Å². The van der Waals surface area contributed by atoms with Crippen LogP contribution in [0, 0.1) is 11.2 Å². The predicted octanol–water partition coefficient (Wildman–Crippen LogP) is 2.29. The molecule has 4 heteroatoms. The van der Waals surface area contributed by atoms with E-state index >= 15 is 0 Å². The molecule has 0 radical (unpaired) electrons. The zero-order valence-electron chi connectivity index (χ0n) is 8.09. The number of rotatable bonds is 3. The van der Waals surface area contributed by atoms with Crippen LogP contribution < -0.4 is 5.73 Å². The van der Waals surface area contributed by atoms with Gasteiger partial charge in [-0.1, -0.05) is 17.7 Å². The molecule has 2 N–H and O–H groups in total. The summed E-state index contributed by atoms with van der Waals surface area (Å²) >= 11 is 5.88. The van der Waals surface area contributed by atoms with Crippen molar-refractivity contribution in [1.82, 2.24) is 0 Å². The summed E-state index contributed by atoms with van der Waals surface area (Å²) in [5, 5.41) is 0.363. The molecule has 0 spiro atoms. The summed E-state index contributed by atoms with van der Waals surface area (Å²) in [6.45, 7) is 0. The van der Waals surface area contributed by atoms with Crippen molar-refractivity contribution in [3.05, 3.63) is 34.6 Å². The number of amides is 1. The van der Waals surface area contributed by atoms with E-state index in [2.05, 4.69) is 0 Å². The normalized spacial score (nSPS) is 17.5. The van der Waals surface area contributed by atoms with Crippen LogP contribution in [-0.2, 0) is 11.2 Å². The van der Waals surface area contributed by atoms with E-state index in [9.17, 15) is 9.18 Å². The quantitative estimate of drug-likeness (QED) is 0.846. The van der Waals surface area contributed by atoms with Crippen LogP contribution in [0.4, 0.5) is 4.39 Å². The Bertz CT molecular complexity index is 395. The topological polar surface area (TPSA) is 43.1 Å². The molecule has 0 saturated heterocycles. The molecule has 0 heterocycles. The van der Waals surface area contributed by atoms with Gasteiger partial charge in [-0.25, -0.2) is 4.39 Å². The maximum atomic E-state index is 13.4. The molecule has 1 amide bonds. The number of carbonyl (C=O) groups is 1. The lowest BCUT2D eigenvalue weighted by Gasteiger charge is -2.12. The minimum Gasteiger partial charge on any atom is -0.369 e. The first-order valence-corrected chi connectivity index (χ1v) is 5.16. The average molecular weight is 228 g/mol. The molecule has 1 aromatic carbocycles. The Morgan fingerprint density at radius 2 is 2.20 bits per heavy atom. The summed E-state index contributed by atoms with van der Waals surface area (Å²) in [6, 6.07) is 4.51. The number of hydrogen-bond acceptors (Lipinski definition) is 1. The zero-order chi connectivity index (χ0) is 11.1. The maximum Gasteiger partial charge on any atom is 0.223 e. The second-order valence-electron chi connectivity index (χ2n) is 4.02. The second-order valence-corrected chi connectivity index (χ2v) is 4.43. The lowest BCUT2D eigenvalue weighted by atomic mass is 9.95. The standard InChI is InChI=1S/C11H11ClFNO/c12-8-2-1-3-9(13)7(8)6-11(4-5-11)10(14)15/h1-3H,4-6H2,(H2,14,15). The number of benzene rings is 1. The van der Waals surface area contributed by atoms with Crippen LogP contribution in [0.2, 0.25) is 5.02 Å². The van der Waals surface area contributed by atoms with Gasteiger partial charge in [-0.05, 0) is 31.4 Å². The summed E-state index contributed by atoms with van der Waals surface area (Å²) in [6.07, 6.45) is 1.77. The van der Waals surface area contributed by atoms with E-state index in [1.165, 1.54) is 6.07 Å². The van der Waals surface area contributed by atoms with Gasteiger partial charge in [0.15, 0.2) is 0 Å². The maximum absolute atomic E-state index is 13.4. The molecule has 1 aliphatic rings. The molecule has 0 bridgehead atoms. The summed E-state index contributed by atoms with van der Waals surface area (Å²) in [4.78, 5) is 11.2. The third kappa shape index (κ3) is 1.84. The number of hydrogen-bond donors (Lipinski definition) is 1. The summed E-state index contributed by atoms with van der Waals surface area (Å²) < 4.78 is 13.4. The van der Waals surface area contributed by atoms with E-state index in [-0.39, 0.29) is 11.7 Å². The van der Waals surface area contributed by atoms with Gasteiger partial charge >= 0.3 is 0 Å². The Balaban J connectivity index is 2.29. The molecule has 0 atom stereocenters. The van der Waals surface area contributed by atoms with Crippen molar-refractivity contribution in [3.8, 4) is 0 Å². The molecular formula is C11H11ClFNO. The Morgan fingerprint density at radius 1 is 1.53 bits per heavy atom. The first-order valence-electron chi connectivity index (χ1n) is 4.78. The molecule has 0 unspecified atom stereocenters. The highest BCUT2D eigenvalue weighted by Gasteiger charge is 2.48. The molecule has 1 saturated carbocycles. The first-order chi connectivity index (χ1) is 7.05. The largest absolute Gasteiger partial charge is 0.369 e.